The van der Waals surface area contributed by atoms with Crippen LogP contribution in [0.15, 0.2) is 59.2 Å². The van der Waals surface area contributed by atoms with E-state index in [0.29, 0.717) is 44.9 Å². The van der Waals surface area contributed by atoms with Crippen LogP contribution in [0, 0.1) is 5.92 Å². The standard InChI is InChI=1S/C27H33N5O4/c1-20(2)16-26(33)32(18-23-8-5-15-36-23)19-27(34)31-13-11-30(12-14-31)25-10-9-24(28-29-25)21-6-4-7-22(17-21)35-3/h4-10,15,17,20H,11-14,16,18-19H2,1-3H3. The Kier molecular flexibility index (Phi) is 8.20. The fourth-order valence-electron chi connectivity index (χ4n) is 4.18. The number of amides is 2. The molecule has 1 saturated heterocycles. The second-order valence-corrected chi connectivity index (χ2v) is 9.30. The third kappa shape index (κ3) is 6.41. The molecule has 9 heteroatoms. The van der Waals surface area contributed by atoms with E-state index in [4.69, 9.17) is 9.15 Å². The predicted octanol–water partition coefficient (Wildman–Crippen LogP) is 3.47. The van der Waals surface area contributed by atoms with Gasteiger partial charge in [-0.05, 0) is 42.3 Å². The van der Waals surface area contributed by atoms with E-state index < -0.39 is 0 Å². The lowest BCUT2D eigenvalue weighted by molar-refractivity contribution is -0.141. The maximum Gasteiger partial charge on any atom is 0.242 e. The second-order valence-electron chi connectivity index (χ2n) is 9.30. The minimum atomic E-state index is -0.0576. The van der Waals surface area contributed by atoms with Crippen LogP contribution in [0.4, 0.5) is 5.82 Å². The first-order chi connectivity index (χ1) is 17.4. The number of aromatic nitrogens is 2. The van der Waals surface area contributed by atoms with Gasteiger partial charge in [-0.3, -0.25) is 9.59 Å². The number of benzene rings is 1. The van der Waals surface area contributed by atoms with E-state index in [1.807, 2.05) is 61.2 Å². The summed E-state index contributed by atoms with van der Waals surface area (Å²) in [6.45, 7) is 6.75. The Bertz CT molecular complexity index is 1140. The number of furan rings is 1. The van der Waals surface area contributed by atoms with Crippen LogP contribution < -0.4 is 9.64 Å². The smallest absolute Gasteiger partial charge is 0.242 e. The first-order valence-electron chi connectivity index (χ1n) is 12.2. The summed E-state index contributed by atoms with van der Waals surface area (Å²) >= 11 is 0. The van der Waals surface area contributed by atoms with Crippen LogP contribution in [0.25, 0.3) is 11.3 Å². The van der Waals surface area contributed by atoms with E-state index in [1.54, 1.807) is 24.3 Å². The quantitative estimate of drug-likeness (QED) is 0.453. The molecule has 1 aromatic carbocycles. The molecule has 2 aromatic heterocycles. The van der Waals surface area contributed by atoms with E-state index >= 15 is 0 Å². The van der Waals surface area contributed by atoms with Crippen LogP contribution in [0.2, 0.25) is 0 Å². The van der Waals surface area contributed by atoms with Crippen LogP contribution in [0.3, 0.4) is 0 Å². The molecule has 3 aromatic rings. The maximum atomic E-state index is 13.1. The van der Waals surface area contributed by atoms with Crippen LogP contribution >= 0.6 is 0 Å². The first kappa shape index (κ1) is 25.2. The van der Waals surface area contributed by atoms with E-state index in [9.17, 15) is 9.59 Å². The lowest BCUT2D eigenvalue weighted by Gasteiger charge is -2.36. The molecule has 1 fully saturated rings. The van der Waals surface area contributed by atoms with Gasteiger partial charge in [-0.25, -0.2) is 0 Å². The van der Waals surface area contributed by atoms with E-state index in [1.165, 1.54) is 0 Å². The summed E-state index contributed by atoms with van der Waals surface area (Å²) in [4.78, 5) is 31.4. The third-order valence-corrected chi connectivity index (χ3v) is 6.16. The zero-order valence-corrected chi connectivity index (χ0v) is 21.1. The Balaban J connectivity index is 1.34. The van der Waals surface area contributed by atoms with Crippen LogP contribution in [0.5, 0.6) is 5.75 Å². The van der Waals surface area contributed by atoms with E-state index in [2.05, 4.69) is 15.1 Å². The maximum absolute atomic E-state index is 13.1. The van der Waals surface area contributed by atoms with Crippen molar-refractivity contribution < 1.29 is 18.7 Å². The largest absolute Gasteiger partial charge is 0.497 e. The number of anilines is 1. The molecule has 190 valence electrons. The van der Waals surface area contributed by atoms with Crippen LogP contribution in [-0.2, 0) is 16.1 Å². The van der Waals surface area contributed by atoms with Crippen molar-refractivity contribution in [3.8, 4) is 17.0 Å². The summed E-state index contributed by atoms with van der Waals surface area (Å²) in [6.07, 6.45) is 1.97. The van der Waals surface area contributed by atoms with Gasteiger partial charge in [-0.15, -0.1) is 10.2 Å². The molecule has 0 atom stereocenters. The van der Waals surface area contributed by atoms with Gasteiger partial charge in [0.15, 0.2) is 5.82 Å². The summed E-state index contributed by atoms with van der Waals surface area (Å²) in [7, 11) is 1.64. The molecule has 0 bridgehead atoms. The summed E-state index contributed by atoms with van der Waals surface area (Å²) in [5.74, 6) is 2.33. The molecule has 0 spiro atoms. The second kappa shape index (κ2) is 11.7. The Morgan fingerprint density at radius 3 is 2.50 bits per heavy atom. The molecule has 0 N–H and O–H groups in total. The highest BCUT2D eigenvalue weighted by atomic mass is 16.5. The lowest BCUT2D eigenvalue weighted by Crippen LogP contribution is -2.52. The predicted molar refractivity (Wildman–Crippen MR) is 136 cm³/mol. The minimum absolute atomic E-state index is 0.0419. The van der Waals surface area contributed by atoms with Crippen LogP contribution in [-0.4, -0.2) is 71.6 Å². The zero-order chi connectivity index (χ0) is 25.5. The first-order valence-corrected chi connectivity index (χ1v) is 12.2. The zero-order valence-electron chi connectivity index (χ0n) is 21.1. The highest BCUT2D eigenvalue weighted by Gasteiger charge is 2.26. The molecule has 2 amide bonds. The monoisotopic (exact) mass is 491 g/mol. The van der Waals surface area contributed by atoms with Gasteiger partial charge >= 0.3 is 0 Å². The van der Waals surface area contributed by atoms with Crippen molar-refractivity contribution in [1.29, 1.82) is 0 Å². The van der Waals surface area contributed by atoms with Gasteiger partial charge in [-0.2, -0.15) is 0 Å². The highest BCUT2D eigenvalue weighted by molar-refractivity contribution is 5.85. The number of hydrogen-bond donors (Lipinski definition) is 0. The van der Waals surface area contributed by atoms with Gasteiger partial charge in [0, 0.05) is 38.2 Å². The van der Waals surface area contributed by atoms with E-state index in [0.717, 1.165) is 22.8 Å². The van der Waals surface area contributed by atoms with Gasteiger partial charge < -0.3 is 23.9 Å². The number of carbonyl (C=O) groups is 2. The Morgan fingerprint density at radius 1 is 1.06 bits per heavy atom. The number of ether oxygens (including phenoxy) is 1. The molecule has 4 rings (SSSR count). The van der Waals surface area contributed by atoms with Crippen LogP contribution in [0.1, 0.15) is 26.0 Å². The summed E-state index contributed by atoms with van der Waals surface area (Å²) in [5, 5.41) is 8.80. The molecule has 1 aliphatic rings. The fourth-order valence-corrected chi connectivity index (χ4v) is 4.18. The molecule has 3 heterocycles. The average molecular weight is 492 g/mol. The van der Waals surface area contributed by atoms with Gasteiger partial charge in [0.1, 0.15) is 18.1 Å². The van der Waals surface area contributed by atoms with Gasteiger partial charge in [0.2, 0.25) is 11.8 Å². The van der Waals surface area contributed by atoms with Gasteiger partial charge in [0.25, 0.3) is 0 Å². The lowest BCUT2D eigenvalue weighted by atomic mass is 10.1. The third-order valence-electron chi connectivity index (χ3n) is 6.16. The van der Waals surface area contributed by atoms with E-state index in [-0.39, 0.29) is 24.3 Å². The molecule has 0 saturated carbocycles. The van der Waals surface area contributed by atoms with Crippen molar-refractivity contribution >= 4 is 17.6 Å². The fraction of sp³-hybridized carbons (Fsp3) is 0.407. The number of piperazine rings is 1. The minimum Gasteiger partial charge on any atom is -0.497 e. The SMILES string of the molecule is COc1cccc(-c2ccc(N3CCN(C(=O)CN(Cc4ccco4)C(=O)CC(C)C)CC3)nn2)c1. The molecular formula is C27H33N5O4. The number of hydrogen-bond acceptors (Lipinski definition) is 7. The number of rotatable bonds is 9. The normalized spacial score (nSPS) is 13.7. The number of nitrogens with zero attached hydrogens (tertiary/aromatic N) is 5. The highest BCUT2D eigenvalue weighted by Crippen LogP contribution is 2.23. The van der Waals surface area contributed by atoms with Crippen molar-refractivity contribution in [3.63, 3.8) is 0 Å². The molecule has 1 aliphatic heterocycles. The molecular weight excluding hydrogens is 458 g/mol. The Hall–Kier alpha value is -3.88. The van der Waals surface area contributed by atoms with Crippen molar-refractivity contribution in [1.82, 2.24) is 20.0 Å². The van der Waals surface area contributed by atoms with Gasteiger partial charge in [-0.1, -0.05) is 26.0 Å². The Labute approximate surface area is 211 Å². The summed E-state index contributed by atoms with van der Waals surface area (Å²) in [6, 6.07) is 15.2. The number of methoxy groups -OCH3 is 1. The number of carbonyl (C=O) groups excluding carboxylic acids is 2. The van der Waals surface area contributed by atoms with Crippen molar-refractivity contribution in [2.75, 3.05) is 44.7 Å². The molecule has 0 radical (unpaired) electrons. The average Bonchev–Trinajstić information content (AvgIpc) is 3.41. The van der Waals surface area contributed by atoms with Crippen molar-refractivity contribution in [3.05, 3.63) is 60.6 Å². The van der Waals surface area contributed by atoms with Gasteiger partial charge in [0.05, 0.1) is 25.6 Å². The molecule has 0 aliphatic carbocycles. The molecule has 36 heavy (non-hydrogen) atoms. The Morgan fingerprint density at radius 2 is 1.86 bits per heavy atom. The summed E-state index contributed by atoms with van der Waals surface area (Å²) in [5.41, 5.74) is 1.71. The molecule has 9 nitrogen and oxygen atoms in total. The topological polar surface area (TPSA) is 92.0 Å². The van der Waals surface area contributed by atoms with Crippen molar-refractivity contribution in [2.24, 2.45) is 5.92 Å². The van der Waals surface area contributed by atoms with Crippen molar-refractivity contribution in [2.45, 2.75) is 26.8 Å². The summed E-state index contributed by atoms with van der Waals surface area (Å²) < 4.78 is 10.7. The molecule has 0 unspecified atom stereocenters.